The van der Waals surface area contributed by atoms with E-state index < -0.39 is 0 Å². The number of H-pyrrole nitrogens is 1. The number of nitrogens with zero attached hydrogens (tertiary/aromatic N) is 2. The zero-order chi connectivity index (χ0) is 12.5. The lowest BCUT2D eigenvalue weighted by atomic mass is 10.2. The number of nitrogens with one attached hydrogen (secondary N) is 1. The third kappa shape index (κ3) is 1.60. The Morgan fingerprint density at radius 1 is 1.39 bits per heavy atom. The van der Waals surface area contributed by atoms with Crippen LogP contribution in [0.1, 0.15) is 18.1 Å². The molecule has 0 aliphatic rings. The molecule has 0 saturated heterocycles. The van der Waals surface area contributed by atoms with Gasteiger partial charge in [-0.1, -0.05) is 13.0 Å². The number of imidazole rings is 1. The van der Waals surface area contributed by atoms with E-state index in [2.05, 4.69) is 34.4 Å². The van der Waals surface area contributed by atoms with Gasteiger partial charge in [0.2, 0.25) is 0 Å². The van der Waals surface area contributed by atoms with Gasteiger partial charge in [-0.05, 0) is 35.6 Å². The Bertz CT molecular complexity index is 746. The molecule has 0 spiro atoms. The first kappa shape index (κ1) is 11.0. The lowest BCUT2D eigenvalue weighted by Gasteiger charge is -1.95. The van der Waals surface area contributed by atoms with Crippen LogP contribution in [0.4, 0.5) is 0 Å². The summed E-state index contributed by atoms with van der Waals surface area (Å²) in [5, 5.41) is 11.2. The summed E-state index contributed by atoms with van der Waals surface area (Å²) >= 11 is 1.68. The summed E-state index contributed by atoms with van der Waals surface area (Å²) in [5.74, 6) is 0.861. The van der Waals surface area contributed by atoms with Crippen LogP contribution >= 0.6 is 11.3 Å². The molecule has 0 atom stereocenters. The van der Waals surface area contributed by atoms with Crippen LogP contribution in [0.5, 0.6) is 0 Å². The highest BCUT2D eigenvalue weighted by molar-refractivity contribution is 7.13. The van der Waals surface area contributed by atoms with Gasteiger partial charge >= 0.3 is 0 Å². The van der Waals surface area contributed by atoms with Crippen LogP contribution in [-0.2, 0) is 6.42 Å². The molecule has 3 nitrogen and oxygen atoms in total. The minimum Gasteiger partial charge on any atom is -0.337 e. The molecule has 1 N–H and O–H groups in total. The first-order valence-electron chi connectivity index (χ1n) is 5.79. The number of aryl methyl sites for hydroxylation is 1. The van der Waals surface area contributed by atoms with Crippen LogP contribution in [0.15, 0.2) is 29.6 Å². The second-order valence-corrected chi connectivity index (χ2v) is 4.94. The van der Waals surface area contributed by atoms with Crippen LogP contribution in [0.2, 0.25) is 0 Å². The predicted molar refractivity (Wildman–Crippen MR) is 73.5 cm³/mol. The lowest BCUT2D eigenvalue weighted by molar-refractivity contribution is 1.15. The van der Waals surface area contributed by atoms with Crippen molar-refractivity contribution in [3.05, 3.63) is 40.8 Å². The molecule has 0 radical (unpaired) electrons. The molecule has 0 fully saturated rings. The molecule has 0 bridgehead atoms. The first-order valence-corrected chi connectivity index (χ1v) is 6.67. The van der Waals surface area contributed by atoms with Crippen molar-refractivity contribution in [1.29, 1.82) is 5.26 Å². The molecule has 2 aromatic heterocycles. The van der Waals surface area contributed by atoms with E-state index in [4.69, 9.17) is 5.26 Å². The lowest BCUT2D eigenvalue weighted by Crippen LogP contribution is -1.82. The smallest absolute Gasteiger partial charge is 0.148 e. The van der Waals surface area contributed by atoms with Gasteiger partial charge < -0.3 is 4.98 Å². The summed E-state index contributed by atoms with van der Waals surface area (Å²) in [6.07, 6.45) is 0.987. The number of nitriles is 1. The second-order valence-electron chi connectivity index (χ2n) is 4.03. The summed E-state index contributed by atoms with van der Waals surface area (Å²) in [6.45, 7) is 2.13. The summed E-state index contributed by atoms with van der Waals surface area (Å²) in [4.78, 5) is 9.03. The zero-order valence-electron chi connectivity index (χ0n) is 9.90. The number of thiophene rings is 1. The Morgan fingerprint density at radius 2 is 2.28 bits per heavy atom. The number of fused-ring (bicyclic) bond motifs is 1. The quantitative estimate of drug-likeness (QED) is 0.756. The van der Waals surface area contributed by atoms with Gasteiger partial charge in [0.1, 0.15) is 17.4 Å². The molecule has 2 heterocycles. The van der Waals surface area contributed by atoms with Crippen molar-refractivity contribution in [3.8, 4) is 16.8 Å². The number of para-hydroxylation sites is 1. The molecule has 0 aliphatic carbocycles. The van der Waals surface area contributed by atoms with Gasteiger partial charge in [0.25, 0.3) is 0 Å². The van der Waals surface area contributed by atoms with Crippen molar-refractivity contribution in [1.82, 2.24) is 9.97 Å². The predicted octanol–water partition coefficient (Wildman–Crippen LogP) is 3.73. The number of rotatable bonds is 2. The Kier molecular flexibility index (Phi) is 2.62. The maximum Gasteiger partial charge on any atom is 0.148 e. The third-order valence-electron chi connectivity index (χ3n) is 2.98. The van der Waals surface area contributed by atoms with E-state index in [1.807, 2.05) is 12.1 Å². The van der Waals surface area contributed by atoms with Gasteiger partial charge in [-0.3, -0.25) is 0 Å². The monoisotopic (exact) mass is 253 g/mol. The Labute approximate surface area is 109 Å². The van der Waals surface area contributed by atoms with E-state index in [0.29, 0.717) is 5.56 Å². The largest absolute Gasteiger partial charge is 0.337 e. The van der Waals surface area contributed by atoms with Crippen LogP contribution in [-0.4, -0.2) is 9.97 Å². The fourth-order valence-corrected chi connectivity index (χ4v) is 2.99. The molecule has 0 unspecified atom stereocenters. The molecule has 18 heavy (non-hydrogen) atoms. The number of aromatic nitrogens is 2. The van der Waals surface area contributed by atoms with Gasteiger partial charge in [0.15, 0.2) is 0 Å². The van der Waals surface area contributed by atoms with Gasteiger partial charge in [0, 0.05) is 0 Å². The highest BCUT2D eigenvalue weighted by Gasteiger charge is 2.12. The standard InChI is InChI=1S/C14H11N3S/c1-2-9-6-7-18-13(9)14-16-11-5-3-4-10(8-15)12(11)17-14/h3-7H,2H2,1H3,(H,16,17). The van der Waals surface area contributed by atoms with Gasteiger partial charge in [-0.2, -0.15) is 5.26 Å². The van der Waals surface area contributed by atoms with E-state index in [9.17, 15) is 0 Å². The molecular weight excluding hydrogens is 242 g/mol. The molecule has 1 aromatic carbocycles. The van der Waals surface area contributed by atoms with Crippen molar-refractivity contribution in [2.45, 2.75) is 13.3 Å². The first-order chi connectivity index (χ1) is 8.83. The molecule has 0 amide bonds. The minimum absolute atomic E-state index is 0.615. The molecule has 88 valence electrons. The molecule has 0 aliphatic heterocycles. The zero-order valence-corrected chi connectivity index (χ0v) is 10.7. The normalized spacial score (nSPS) is 10.7. The summed E-state index contributed by atoms with van der Waals surface area (Å²) in [6, 6.07) is 9.92. The number of aromatic amines is 1. The van der Waals surface area contributed by atoms with E-state index in [1.54, 1.807) is 17.4 Å². The highest BCUT2D eigenvalue weighted by Crippen LogP contribution is 2.30. The van der Waals surface area contributed by atoms with E-state index >= 15 is 0 Å². The topological polar surface area (TPSA) is 52.5 Å². The SMILES string of the molecule is CCc1ccsc1-c1nc2c(C#N)cccc2[nH]1. The van der Waals surface area contributed by atoms with Crippen molar-refractivity contribution in [2.75, 3.05) is 0 Å². The molecule has 3 aromatic rings. The number of hydrogen-bond acceptors (Lipinski definition) is 3. The summed E-state index contributed by atoms with van der Waals surface area (Å²) in [7, 11) is 0. The van der Waals surface area contributed by atoms with Crippen molar-refractivity contribution >= 4 is 22.4 Å². The number of benzene rings is 1. The summed E-state index contributed by atoms with van der Waals surface area (Å²) < 4.78 is 0. The third-order valence-corrected chi connectivity index (χ3v) is 3.94. The maximum absolute atomic E-state index is 9.07. The average Bonchev–Trinajstić information content (AvgIpc) is 3.03. The fourth-order valence-electron chi connectivity index (χ4n) is 2.05. The molecule has 0 saturated carbocycles. The Hall–Kier alpha value is -2.12. The molecule has 3 rings (SSSR count). The van der Waals surface area contributed by atoms with Crippen molar-refractivity contribution < 1.29 is 0 Å². The maximum atomic E-state index is 9.07. The number of hydrogen-bond donors (Lipinski definition) is 1. The van der Waals surface area contributed by atoms with Gasteiger partial charge in [-0.15, -0.1) is 11.3 Å². The van der Waals surface area contributed by atoms with Gasteiger partial charge in [0.05, 0.1) is 16.0 Å². The van der Waals surface area contributed by atoms with Crippen LogP contribution < -0.4 is 0 Å². The van der Waals surface area contributed by atoms with Crippen LogP contribution in [0.3, 0.4) is 0 Å². The van der Waals surface area contributed by atoms with Crippen LogP contribution in [0.25, 0.3) is 21.7 Å². The van der Waals surface area contributed by atoms with Crippen molar-refractivity contribution in [3.63, 3.8) is 0 Å². The van der Waals surface area contributed by atoms with E-state index in [-0.39, 0.29) is 0 Å². The van der Waals surface area contributed by atoms with Crippen molar-refractivity contribution in [2.24, 2.45) is 0 Å². The minimum atomic E-state index is 0.615. The second kappa shape index (κ2) is 4.28. The van der Waals surface area contributed by atoms with E-state index in [1.165, 1.54) is 5.56 Å². The Balaban J connectivity index is 2.23. The molecule has 4 heteroatoms. The Morgan fingerprint density at radius 3 is 3.06 bits per heavy atom. The average molecular weight is 253 g/mol. The van der Waals surface area contributed by atoms with Gasteiger partial charge in [-0.25, -0.2) is 4.98 Å². The highest BCUT2D eigenvalue weighted by atomic mass is 32.1. The fraction of sp³-hybridized carbons (Fsp3) is 0.143. The molecular formula is C14H11N3S. The van der Waals surface area contributed by atoms with Crippen LogP contribution in [0, 0.1) is 11.3 Å². The van der Waals surface area contributed by atoms with E-state index in [0.717, 1.165) is 28.2 Å². The summed E-state index contributed by atoms with van der Waals surface area (Å²) in [5.41, 5.74) is 3.58.